The SMILES string of the molecule is CC(C)Oc1ccc(N2C(=O)C(=O)/C(=C(\O)c3ccc4c(c3)OCO4)C2c2ccccc2)cc1. The predicted octanol–water partition coefficient (Wildman–Crippen LogP) is 4.83. The number of anilines is 1. The first kappa shape index (κ1) is 21.6. The number of carbonyl (C=O) groups is 2. The zero-order valence-corrected chi connectivity index (χ0v) is 18.7. The summed E-state index contributed by atoms with van der Waals surface area (Å²) in [7, 11) is 0. The van der Waals surface area contributed by atoms with Crippen molar-refractivity contribution in [1.29, 1.82) is 0 Å². The van der Waals surface area contributed by atoms with Gasteiger partial charge in [-0.1, -0.05) is 30.3 Å². The van der Waals surface area contributed by atoms with Gasteiger partial charge in [-0.15, -0.1) is 0 Å². The van der Waals surface area contributed by atoms with Crippen molar-refractivity contribution < 1.29 is 28.9 Å². The van der Waals surface area contributed by atoms with Crippen LogP contribution in [0.5, 0.6) is 17.2 Å². The highest BCUT2D eigenvalue weighted by molar-refractivity contribution is 6.51. The minimum absolute atomic E-state index is 0.00565. The van der Waals surface area contributed by atoms with E-state index in [-0.39, 0.29) is 24.2 Å². The van der Waals surface area contributed by atoms with Crippen molar-refractivity contribution in [3.8, 4) is 17.2 Å². The molecule has 0 saturated carbocycles. The fourth-order valence-electron chi connectivity index (χ4n) is 4.21. The van der Waals surface area contributed by atoms with Gasteiger partial charge >= 0.3 is 0 Å². The molecule has 1 N–H and O–H groups in total. The zero-order valence-electron chi connectivity index (χ0n) is 18.7. The molecule has 1 atom stereocenters. The molecule has 0 radical (unpaired) electrons. The molecule has 2 aliphatic rings. The zero-order chi connectivity index (χ0) is 23.8. The maximum absolute atomic E-state index is 13.2. The van der Waals surface area contributed by atoms with E-state index >= 15 is 0 Å². The highest BCUT2D eigenvalue weighted by Crippen LogP contribution is 2.43. The summed E-state index contributed by atoms with van der Waals surface area (Å²) in [6, 6.07) is 20.3. The lowest BCUT2D eigenvalue weighted by molar-refractivity contribution is -0.132. The first-order chi connectivity index (χ1) is 16.4. The van der Waals surface area contributed by atoms with Gasteiger partial charge in [-0.25, -0.2) is 0 Å². The van der Waals surface area contributed by atoms with Crippen LogP contribution in [0.2, 0.25) is 0 Å². The predicted molar refractivity (Wildman–Crippen MR) is 126 cm³/mol. The van der Waals surface area contributed by atoms with E-state index in [0.717, 1.165) is 0 Å². The Labute approximate surface area is 196 Å². The summed E-state index contributed by atoms with van der Waals surface area (Å²) in [5.74, 6) is -0.0597. The van der Waals surface area contributed by atoms with Gasteiger partial charge in [0.1, 0.15) is 11.5 Å². The maximum atomic E-state index is 13.2. The Bertz CT molecular complexity index is 1280. The van der Waals surface area contributed by atoms with Crippen molar-refractivity contribution in [2.45, 2.75) is 26.0 Å². The second kappa shape index (κ2) is 8.59. The van der Waals surface area contributed by atoms with Crippen LogP contribution >= 0.6 is 0 Å². The van der Waals surface area contributed by atoms with Crippen LogP contribution in [0.15, 0.2) is 78.4 Å². The van der Waals surface area contributed by atoms with Crippen molar-refractivity contribution in [1.82, 2.24) is 0 Å². The molecule has 1 fully saturated rings. The summed E-state index contributed by atoms with van der Waals surface area (Å²) in [5, 5.41) is 11.2. The highest BCUT2D eigenvalue weighted by atomic mass is 16.7. The molecule has 0 aromatic heterocycles. The normalized spacial score (nSPS) is 18.6. The molecule has 172 valence electrons. The van der Waals surface area contributed by atoms with Crippen LogP contribution in [0.3, 0.4) is 0 Å². The number of hydrogen-bond acceptors (Lipinski definition) is 6. The van der Waals surface area contributed by atoms with E-state index in [0.29, 0.717) is 34.1 Å². The minimum atomic E-state index is -0.802. The van der Waals surface area contributed by atoms with Gasteiger partial charge in [0.05, 0.1) is 17.7 Å². The molecular formula is C27H23NO6. The number of aliphatic hydroxyl groups is 1. The van der Waals surface area contributed by atoms with Crippen LogP contribution < -0.4 is 19.1 Å². The Morgan fingerprint density at radius 3 is 2.38 bits per heavy atom. The smallest absolute Gasteiger partial charge is 0.300 e. The van der Waals surface area contributed by atoms with E-state index < -0.39 is 17.7 Å². The van der Waals surface area contributed by atoms with Crippen LogP contribution in [-0.2, 0) is 9.59 Å². The summed E-state index contributed by atoms with van der Waals surface area (Å²) < 4.78 is 16.4. The Hall–Kier alpha value is -4.26. The van der Waals surface area contributed by atoms with Crippen LogP contribution in [0.4, 0.5) is 5.69 Å². The van der Waals surface area contributed by atoms with Gasteiger partial charge in [-0.3, -0.25) is 14.5 Å². The van der Waals surface area contributed by atoms with E-state index in [2.05, 4.69) is 0 Å². The first-order valence-corrected chi connectivity index (χ1v) is 11.0. The van der Waals surface area contributed by atoms with Crippen molar-refractivity contribution in [2.75, 3.05) is 11.7 Å². The number of ether oxygens (including phenoxy) is 3. The summed E-state index contributed by atoms with van der Waals surface area (Å²) in [6.07, 6.45) is 0.00565. The first-order valence-electron chi connectivity index (χ1n) is 11.0. The number of rotatable bonds is 5. The summed E-state index contributed by atoms with van der Waals surface area (Å²) >= 11 is 0. The maximum Gasteiger partial charge on any atom is 0.300 e. The van der Waals surface area contributed by atoms with Crippen molar-refractivity contribution in [3.05, 3.63) is 89.5 Å². The molecule has 2 aliphatic heterocycles. The third-order valence-corrected chi connectivity index (χ3v) is 5.69. The van der Waals surface area contributed by atoms with Crippen molar-refractivity contribution in [3.63, 3.8) is 0 Å². The van der Waals surface area contributed by atoms with Gasteiger partial charge < -0.3 is 19.3 Å². The lowest BCUT2D eigenvalue weighted by Crippen LogP contribution is -2.29. The fraction of sp³-hybridized carbons (Fsp3) is 0.185. The van der Waals surface area contributed by atoms with E-state index in [4.69, 9.17) is 14.2 Å². The quantitative estimate of drug-likeness (QED) is 0.336. The number of amides is 1. The molecule has 3 aromatic carbocycles. The average molecular weight is 457 g/mol. The fourth-order valence-corrected chi connectivity index (χ4v) is 4.21. The van der Waals surface area contributed by atoms with E-state index in [1.165, 1.54) is 4.90 Å². The third kappa shape index (κ3) is 3.75. The molecule has 34 heavy (non-hydrogen) atoms. The van der Waals surface area contributed by atoms with Crippen molar-refractivity contribution in [2.24, 2.45) is 0 Å². The van der Waals surface area contributed by atoms with E-state index in [1.807, 2.05) is 44.2 Å². The van der Waals surface area contributed by atoms with Crippen LogP contribution in [0.25, 0.3) is 5.76 Å². The molecule has 1 unspecified atom stereocenters. The molecule has 2 heterocycles. The third-order valence-electron chi connectivity index (χ3n) is 5.69. The molecule has 0 bridgehead atoms. The Morgan fingerprint density at radius 1 is 0.971 bits per heavy atom. The number of Topliss-reactive ketones (excluding diaryl/α,β-unsaturated/α-hetero) is 1. The van der Waals surface area contributed by atoms with E-state index in [9.17, 15) is 14.7 Å². The van der Waals surface area contributed by atoms with Gasteiger partial charge in [0, 0.05) is 11.3 Å². The molecular weight excluding hydrogens is 434 g/mol. The molecule has 1 saturated heterocycles. The Kier molecular flexibility index (Phi) is 5.45. The number of hydrogen-bond donors (Lipinski definition) is 1. The van der Waals surface area contributed by atoms with Crippen molar-refractivity contribution >= 4 is 23.1 Å². The lowest BCUT2D eigenvalue weighted by atomic mass is 9.95. The average Bonchev–Trinajstić information content (AvgIpc) is 3.41. The summed E-state index contributed by atoms with van der Waals surface area (Å²) in [5.41, 5.74) is 1.60. The molecule has 1 amide bonds. The minimum Gasteiger partial charge on any atom is -0.507 e. The summed E-state index contributed by atoms with van der Waals surface area (Å²) in [6.45, 7) is 3.94. The number of ketones is 1. The monoisotopic (exact) mass is 457 g/mol. The highest BCUT2D eigenvalue weighted by Gasteiger charge is 2.47. The van der Waals surface area contributed by atoms with Gasteiger partial charge in [0.2, 0.25) is 6.79 Å². The van der Waals surface area contributed by atoms with Gasteiger partial charge in [0.25, 0.3) is 11.7 Å². The molecule has 3 aromatic rings. The molecule has 0 spiro atoms. The second-order valence-electron chi connectivity index (χ2n) is 8.31. The second-order valence-corrected chi connectivity index (χ2v) is 8.31. The van der Waals surface area contributed by atoms with Gasteiger partial charge in [-0.2, -0.15) is 0 Å². The number of carbonyl (C=O) groups excluding carboxylic acids is 2. The number of fused-ring (bicyclic) bond motifs is 1. The standard InChI is InChI=1S/C27H23NO6/c1-16(2)34-20-11-9-19(10-12-20)28-24(17-6-4-3-5-7-17)23(26(30)27(28)31)25(29)18-8-13-21-22(14-18)33-15-32-21/h3-14,16,24,29H,15H2,1-2H3/b25-23-. The van der Waals surface area contributed by atoms with Crippen LogP contribution in [0, 0.1) is 0 Å². The largest absolute Gasteiger partial charge is 0.507 e. The number of nitrogens with zero attached hydrogens (tertiary/aromatic N) is 1. The van der Waals surface area contributed by atoms with Gasteiger partial charge in [0.15, 0.2) is 11.5 Å². The number of benzene rings is 3. The van der Waals surface area contributed by atoms with Gasteiger partial charge in [-0.05, 0) is 61.9 Å². The Morgan fingerprint density at radius 2 is 1.68 bits per heavy atom. The molecule has 5 rings (SSSR count). The summed E-state index contributed by atoms with van der Waals surface area (Å²) in [4.78, 5) is 27.9. The van der Waals surface area contributed by atoms with Crippen LogP contribution in [-0.4, -0.2) is 29.7 Å². The molecule has 0 aliphatic carbocycles. The number of aliphatic hydroxyl groups excluding tert-OH is 1. The molecule has 7 nitrogen and oxygen atoms in total. The van der Waals surface area contributed by atoms with Crippen LogP contribution in [0.1, 0.15) is 31.0 Å². The van der Waals surface area contributed by atoms with E-state index in [1.54, 1.807) is 42.5 Å². The Balaban J connectivity index is 1.62. The molecule has 7 heteroatoms. The topological polar surface area (TPSA) is 85.3 Å². The lowest BCUT2D eigenvalue weighted by Gasteiger charge is -2.25.